The molecule has 0 spiro atoms. The highest BCUT2D eigenvalue weighted by atomic mass is 16.4. The van der Waals surface area contributed by atoms with E-state index in [1.807, 2.05) is 6.08 Å². The summed E-state index contributed by atoms with van der Waals surface area (Å²) >= 11 is 0. The molecule has 0 rings (SSSR count). The SMILES string of the molecule is C=CCCCCCCCCCCC=CCCCCCCCC.O=C(O)/C=C\C(=O)O. The van der Waals surface area contributed by atoms with Crippen molar-refractivity contribution < 1.29 is 19.8 Å². The number of unbranched alkanes of at least 4 members (excludes halogenated alkanes) is 15. The molecule has 30 heavy (non-hydrogen) atoms. The molecule has 0 amide bonds. The van der Waals surface area contributed by atoms with Gasteiger partial charge in [0, 0.05) is 12.2 Å². The zero-order chi connectivity index (χ0) is 22.7. The van der Waals surface area contributed by atoms with Crippen molar-refractivity contribution in [2.24, 2.45) is 0 Å². The van der Waals surface area contributed by atoms with E-state index in [0.717, 1.165) is 0 Å². The number of hydrogen-bond donors (Lipinski definition) is 2. The molecule has 0 aliphatic carbocycles. The molecule has 0 saturated heterocycles. The van der Waals surface area contributed by atoms with Crippen LogP contribution in [0.1, 0.15) is 116 Å². The zero-order valence-electron chi connectivity index (χ0n) is 19.3. The minimum Gasteiger partial charge on any atom is -0.478 e. The first-order chi connectivity index (χ1) is 14.5. The van der Waals surface area contributed by atoms with Crippen molar-refractivity contribution in [3.63, 3.8) is 0 Å². The molecule has 0 aliphatic rings. The first-order valence-corrected chi connectivity index (χ1v) is 11.9. The Morgan fingerprint density at radius 2 is 0.933 bits per heavy atom. The Kier molecular flexibility index (Phi) is 27.5. The Labute approximate surface area is 185 Å². The number of carboxylic acid groups (broad SMARTS) is 2. The van der Waals surface area contributed by atoms with E-state index >= 15 is 0 Å². The molecular weight excluding hydrogens is 376 g/mol. The van der Waals surface area contributed by atoms with Gasteiger partial charge in [0.2, 0.25) is 0 Å². The van der Waals surface area contributed by atoms with Crippen molar-refractivity contribution in [1.82, 2.24) is 0 Å². The van der Waals surface area contributed by atoms with Gasteiger partial charge in [0.1, 0.15) is 0 Å². The summed E-state index contributed by atoms with van der Waals surface area (Å²) in [6.07, 6.45) is 31.6. The lowest BCUT2D eigenvalue weighted by atomic mass is 10.1. The summed E-state index contributed by atoms with van der Waals surface area (Å²) in [5.41, 5.74) is 0. The maximum absolute atomic E-state index is 9.55. The third kappa shape index (κ3) is 33.7. The minimum absolute atomic E-state index is 0.558. The van der Waals surface area contributed by atoms with Crippen molar-refractivity contribution in [3.8, 4) is 0 Å². The molecule has 0 radical (unpaired) electrons. The third-order valence-electron chi connectivity index (χ3n) is 4.79. The van der Waals surface area contributed by atoms with Crippen LogP contribution < -0.4 is 0 Å². The van der Waals surface area contributed by atoms with E-state index in [-0.39, 0.29) is 0 Å². The average Bonchev–Trinajstić information content (AvgIpc) is 2.72. The number of allylic oxidation sites excluding steroid dienone is 3. The van der Waals surface area contributed by atoms with E-state index in [1.165, 1.54) is 109 Å². The normalized spacial score (nSPS) is 10.8. The van der Waals surface area contributed by atoms with Gasteiger partial charge in [0.15, 0.2) is 0 Å². The smallest absolute Gasteiger partial charge is 0.328 e. The summed E-state index contributed by atoms with van der Waals surface area (Å²) < 4.78 is 0. The lowest BCUT2D eigenvalue weighted by molar-refractivity contribution is -0.134. The standard InChI is InChI=1S/C22H42.C4H4O4/c1-3-5-7-9-11-13-15-17-19-21-22-20-18-16-14-12-10-8-6-4-2;5-3(6)1-2-4(7)8/h3,18,20H,1,4-17,19,21-22H2,2H3;1-2H,(H,5,6)(H,7,8)/b;2-1-. The first kappa shape index (κ1) is 30.4. The van der Waals surface area contributed by atoms with Crippen LogP contribution >= 0.6 is 0 Å². The molecule has 2 N–H and O–H groups in total. The van der Waals surface area contributed by atoms with Crippen molar-refractivity contribution in [1.29, 1.82) is 0 Å². The van der Waals surface area contributed by atoms with Crippen LogP contribution in [0.3, 0.4) is 0 Å². The monoisotopic (exact) mass is 422 g/mol. The van der Waals surface area contributed by atoms with Crippen molar-refractivity contribution in [2.45, 2.75) is 116 Å². The summed E-state index contributed by atoms with van der Waals surface area (Å²) in [5.74, 6) is -2.51. The molecule has 0 aromatic heterocycles. The van der Waals surface area contributed by atoms with Crippen LogP contribution in [-0.2, 0) is 9.59 Å². The Balaban J connectivity index is 0. The van der Waals surface area contributed by atoms with Crippen molar-refractivity contribution in [2.75, 3.05) is 0 Å². The number of aliphatic carboxylic acids is 2. The maximum atomic E-state index is 9.55. The molecule has 4 heteroatoms. The molecule has 0 atom stereocenters. The quantitative estimate of drug-likeness (QED) is 0.118. The average molecular weight is 423 g/mol. The second kappa shape index (κ2) is 27.2. The van der Waals surface area contributed by atoms with Gasteiger partial charge < -0.3 is 10.2 Å². The van der Waals surface area contributed by atoms with Gasteiger partial charge in [0.05, 0.1) is 0 Å². The van der Waals surface area contributed by atoms with Gasteiger partial charge >= 0.3 is 11.9 Å². The summed E-state index contributed by atoms with van der Waals surface area (Å²) in [5, 5.41) is 15.6. The summed E-state index contributed by atoms with van der Waals surface area (Å²) in [6, 6.07) is 0. The van der Waals surface area contributed by atoms with E-state index in [0.29, 0.717) is 12.2 Å². The number of rotatable bonds is 20. The molecule has 0 unspecified atom stereocenters. The zero-order valence-corrected chi connectivity index (χ0v) is 19.3. The molecule has 0 fully saturated rings. The lowest BCUT2D eigenvalue weighted by Gasteiger charge is -2.01. The van der Waals surface area contributed by atoms with Crippen molar-refractivity contribution >= 4 is 11.9 Å². The van der Waals surface area contributed by atoms with Gasteiger partial charge in [0.25, 0.3) is 0 Å². The molecule has 0 aromatic carbocycles. The van der Waals surface area contributed by atoms with Gasteiger partial charge in [-0.25, -0.2) is 9.59 Å². The highest BCUT2D eigenvalue weighted by Crippen LogP contribution is 2.11. The fourth-order valence-corrected chi connectivity index (χ4v) is 3.03. The number of carbonyl (C=O) groups is 2. The second-order valence-corrected chi connectivity index (χ2v) is 7.73. The number of carboxylic acids is 2. The molecular formula is C26H46O4. The Morgan fingerprint density at radius 3 is 1.27 bits per heavy atom. The maximum Gasteiger partial charge on any atom is 0.328 e. The van der Waals surface area contributed by atoms with Crippen LogP contribution in [0.5, 0.6) is 0 Å². The highest BCUT2D eigenvalue weighted by Gasteiger charge is 1.92. The minimum atomic E-state index is -1.26. The van der Waals surface area contributed by atoms with E-state index < -0.39 is 11.9 Å². The van der Waals surface area contributed by atoms with Gasteiger partial charge in [-0.1, -0.05) is 95.8 Å². The Bertz CT molecular complexity index is 436. The second-order valence-electron chi connectivity index (χ2n) is 7.73. The highest BCUT2D eigenvalue weighted by molar-refractivity contribution is 5.89. The van der Waals surface area contributed by atoms with Crippen LogP contribution in [0.4, 0.5) is 0 Å². The third-order valence-corrected chi connectivity index (χ3v) is 4.79. The fourth-order valence-electron chi connectivity index (χ4n) is 3.03. The van der Waals surface area contributed by atoms with E-state index in [9.17, 15) is 9.59 Å². The van der Waals surface area contributed by atoms with Crippen LogP contribution in [0.2, 0.25) is 0 Å². The molecule has 0 aromatic rings. The topological polar surface area (TPSA) is 74.6 Å². The first-order valence-electron chi connectivity index (χ1n) is 11.9. The molecule has 0 aliphatic heterocycles. The summed E-state index contributed by atoms with van der Waals surface area (Å²) in [4.78, 5) is 19.1. The predicted octanol–water partition coefficient (Wildman–Crippen LogP) is 8.09. The van der Waals surface area contributed by atoms with Crippen LogP contribution in [0.15, 0.2) is 37.0 Å². The van der Waals surface area contributed by atoms with Gasteiger partial charge in [-0.2, -0.15) is 0 Å². The molecule has 4 nitrogen and oxygen atoms in total. The Morgan fingerprint density at radius 1 is 0.600 bits per heavy atom. The van der Waals surface area contributed by atoms with E-state index in [1.54, 1.807) is 0 Å². The largest absolute Gasteiger partial charge is 0.478 e. The van der Waals surface area contributed by atoms with Crippen LogP contribution in [-0.4, -0.2) is 22.2 Å². The lowest BCUT2D eigenvalue weighted by Crippen LogP contribution is -1.91. The molecule has 174 valence electrons. The van der Waals surface area contributed by atoms with Gasteiger partial charge in [-0.05, 0) is 38.5 Å². The van der Waals surface area contributed by atoms with Crippen LogP contribution in [0, 0.1) is 0 Å². The van der Waals surface area contributed by atoms with Crippen LogP contribution in [0.25, 0.3) is 0 Å². The fraction of sp³-hybridized carbons (Fsp3) is 0.692. The molecule has 0 heterocycles. The molecule has 0 saturated carbocycles. The van der Waals surface area contributed by atoms with E-state index in [2.05, 4.69) is 25.7 Å². The summed E-state index contributed by atoms with van der Waals surface area (Å²) in [7, 11) is 0. The Hall–Kier alpha value is -1.84. The predicted molar refractivity (Wildman–Crippen MR) is 128 cm³/mol. The van der Waals surface area contributed by atoms with Crippen molar-refractivity contribution in [3.05, 3.63) is 37.0 Å². The summed E-state index contributed by atoms with van der Waals surface area (Å²) in [6.45, 7) is 6.05. The van der Waals surface area contributed by atoms with Gasteiger partial charge in [-0.15, -0.1) is 6.58 Å². The van der Waals surface area contributed by atoms with E-state index in [4.69, 9.17) is 10.2 Å². The molecule has 0 bridgehead atoms. The number of hydrogen-bond acceptors (Lipinski definition) is 2. The van der Waals surface area contributed by atoms with Gasteiger partial charge in [-0.3, -0.25) is 0 Å².